The zero-order valence-electron chi connectivity index (χ0n) is 13.1. The Morgan fingerprint density at radius 3 is 2.27 bits per heavy atom. The maximum Gasteiger partial charge on any atom is 0.233 e. The van der Waals surface area contributed by atoms with Crippen LogP contribution in [-0.4, -0.2) is 18.3 Å². The van der Waals surface area contributed by atoms with Crippen LogP contribution < -0.4 is 10.1 Å². The molecule has 0 aliphatic rings. The van der Waals surface area contributed by atoms with Gasteiger partial charge in [0.2, 0.25) is 5.91 Å². The molecule has 0 unspecified atom stereocenters. The van der Waals surface area contributed by atoms with Crippen LogP contribution in [0.5, 0.6) is 5.75 Å². The monoisotopic (exact) mass is 315 g/mol. The summed E-state index contributed by atoms with van der Waals surface area (Å²) in [7, 11) is 1.64. The van der Waals surface area contributed by atoms with Gasteiger partial charge in [-0.3, -0.25) is 4.79 Å². The summed E-state index contributed by atoms with van der Waals surface area (Å²) < 4.78 is 5.13. The number of rotatable bonds is 6. The van der Waals surface area contributed by atoms with E-state index in [9.17, 15) is 4.79 Å². The molecule has 116 valence electrons. The third kappa shape index (κ3) is 4.53. The lowest BCUT2D eigenvalue weighted by Gasteiger charge is -2.17. The van der Waals surface area contributed by atoms with Crippen molar-refractivity contribution in [3.63, 3.8) is 0 Å². The molecule has 0 aromatic heterocycles. The summed E-state index contributed by atoms with van der Waals surface area (Å²) in [6.07, 6.45) is 0. The second kappa shape index (κ2) is 7.90. The number of ether oxygens (including phenoxy) is 1. The third-order valence-corrected chi connectivity index (χ3v) is 4.51. The molecule has 2 aromatic rings. The Bertz CT molecular complexity index is 598. The number of thioether (sulfide) groups is 1. The summed E-state index contributed by atoms with van der Waals surface area (Å²) in [5.41, 5.74) is 1.11. The molecule has 2 rings (SSSR count). The van der Waals surface area contributed by atoms with Crippen LogP contribution in [0.25, 0.3) is 0 Å². The molecule has 22 heavy (non-hydrogen) atoms. The Hall–Kier alpha value is -1.94. The lowest BCUT2D eigenvalue weighted by atomic mass is 10.1. The quantitative estimate of drug-likeness (QED) is 0.817. The Kier molecular flexibility index (Phi) is 5.90. The van der Waals surface area contributed by atoms with Gasteiger partial charge in [-0.05, 0) is 43.7 Å². The predicted molar refractivity (Wildman–Crippen MR) is 91.3 cm³/mol. The van der Waals surface area contributed by atoms with Crippen LogP contribution in [0, 0.1) is 0 Å². The third-order valence-electron chi connectivity index (χ3n) is 3.40. The van der Waals surface area contributed by atoms with E-state index in [0.717, 1.165) is 16.2 Å². The first-order valence-electron chi connectivity index (χ1n) is 7.26. The number of methoxy groups -OCH3 is 1. The Balaban J connectivity index is 1.91. The number of benzene rings is 2. The van der Waals surface area contributed by atoms with Gasteiger partial charge in [-0.2, -0.15) is 0 Å². The molecule has 0 fully saturated rings. The van der Waals surface area contributed by atoms with Crippen LogP contribution in [0.1, 0.15) is 25.5 Å². The summed E-state index contributed by atoms with van der Waals surface area (Å²) in [6.45, 7) is 3.92. The lowest BCUT2D eigenvalue weighted by molar-refractivity contribution is -0.120. The molecule has 1 amide bonds. The van der Waals surface area contributed by atoms with Crippen LogP contribution in [-0.2, 0) is 4.79 Å². The van der Waals surface area contributed by atoms with E-state index in [1.54, 1.807) is 18.9 Å². The first-order chi connectivity index (χ1) is 10.6. The predicted octanol–water partition coefficient (Wildman–Crippen LogP) is 4.05. The second-order valence-corrected chi connectivity index (χ2v) is 6.49. The van der Waals surface area contributed by atoms with Crippen LogP contribution in [0.2, 0.25) is 0 Å². The van der Waals surface area contributed by atoms with Crippen molar-refractivity contribution in [1.82, 2.24) is 5.32 Å². The minimum atomic E-state index is -0.153. The molecule has 0 aliphatic heterocycles. The van der Waals surface area contributed by atoms with Crippen molar-refractivity contribution < 1.29 is 9.53 Å². The number of amides is 1. The van der Waals surface area contributed by atoms with Gasteiger partial charge in [0.25, 0.3) is 0 Å². The van der Waals surface area contributed by atoms with Gasteiger partial charge in [-0.25, -0.2) is 0 Å². The Morgan fingerprint density at radius 2 is 1.68 bits per heavy atom. The summed E-state index contributed by atoms with van der Waals surface area (Å²) in [4.78, 5) is 13.3. The van der Waals surface area contributed by atoms with Crippen molar-refractivity contribution in [2.45, 2.75) is 30.0 Å². The fourth-order valence-corrected chi connectivity index (χ4v) is 2.94. The van der Waals surface area contributed by atoms with Crippen LogP contribution >= 0.6 is 11.8 Å². The van der Waals surface area contributed by atoms with Crippen molar-refractivity contribution in [2.75, 3.05) is 7.11 Å². The molecule has 0 spiro atoms. The minimum Gasteiger partial charge on any atom is -0.497 e. The number of carbonyl (C=O) groups is 1. The van der Waals surface area contributed by atoms with Crippen molar-refractivity contribution in [3.05, 3.63) is 60.2 Å². The van der Waals surface area contributed by atoms with Gasteiger partial charge in [-0.1, -0.05) is 30.3 Å². The molecule has 2 aromatic carbocycles. The van der Waals surface area contributed by atoms with Crippen molar-refractivity contribution in [3.8, 4) is 5.75 Å². The van der Waals surface area contributed by atoms with Crippen LogP contribution in [0.15, 0.2) is 59.5 Å². The highest BCUT2D eigenvalue weighted by molar-refractivity contribution is 8.00. The van der Waals surface area contributed by atoms with Crippen LogP contribution in [0.4, 0.5) is 0 Å². The van der Waals surface area contributed by atoms with E-state index in [-0.39, 0.29) is 17.2 Å². The molecular weight excluding hydrogens is 294 g/mol. The SMILES string of the molecule is COc1ccc(S[C@@H](C)C(=O)N[C@@H](C)c2ccccc2)cc1. The Labute approximate surface area is 136 Å². The molecule has 0 saturated carbocycles. The zero-order valence-corrected chi connectivity index (χ0v) is 13.9. The molecule has 0 saturated heterocycles. The molecule has 3 nitrogen and oxygen atoms in total. The average Bonchev–Trinajstić information content (AvgIpc) is 2.56. The average molecular weight is 315 g/mol. The Morgan fingerprint density at radius 1 is 1.05 bits per heavy atom. The number of hydrogen-bond donors (Lipinski definition) is 1. The molecule has 1 N–H and O–H groups in total. The summed E-state index contributed by atoms with van der Waals surface area (Å²) in [5, 5.41) is 2.90. The highest BCUT2D eigenvalue weighted by Crippen LogP contribution is 2.26. The highest BCUT2D eigenvalue weighted by atomic mass is 32.2. The van der Waals surface area contributed by atoms with E-state index in [2.05, 4.69) is 5.32 Å². The molecular formula is C18H21NO2S. The molecule has 0 radical (unpaired) electrons. The normalized spacial score (nSPS) is 13.2. The molecule has 0 aliphatic carbocycles. The smallest absolute Gasteiger partial charge is 0.233 e. The van der Waals surface area contributed by atoms with Crippen molar-refractivity contribution >= 4 is 17.7 Å². The first kappa shape index (κ1) is 16.4. The first-order valence-corrected chi connectivity index (χ1v) is 8.14. The fraction of sp³-hybridized carbons (Fsp3) is 0.278. The molecule has 4 heteroatoms. The molecule has 2 atom stereocenters. The van der Waals surface area contributed by atoms with E-state index in [4.69, 9.17) is 4.74 Å². The molecule has 0 bridgehead atoms. The maximum absolute atomic E-state index is 12.3. The molecule has 0 heterocycles. The maximum atomic E-state index is 12.3. The van der Waals surface area contributed by atoms with Crippen LogP contribution in [0.3, 0.4) is 0 Å². The minimum absolute atomic E-state index is 0.00705. The van der Waals surface area contributed by atoms with E-state index >= 15 is 0 Å². The number of hydrogen-bond acceptors (Lipinski definition) is 3. The summed E-state index contributed by atoms with van der Waals surface area (Å²) in [6, 6.07) is 17.7. The van der Waals surface area contributed by atoms with Gasteiger partial charge in [0, 0.05) is 4.90 Å². The van der Waals surface area contributed by atoms with Crippen molar-refractivity contribution in [1.29, 1.82) is 0 Å². The highest BCUT2D eigenvalue weighted by Gasteiger charge is 2.17. The van der Waals surface area contributed by atoms with E-state index in [0.29, 0.717) is 0 Å². The van der Waals surface area contributed by atoms with Gasteiger partial charge in [0.1, 0.15) is 5.75 Å². The van der Waals surface area contributed by atoms with E-state index < -0.39 is 0 Å². The van der Waals surface area contributed by atoms with Gasteiger partial charge < -0.3 is 10.1 Å². The summed E-state index contributed by atoms with van der Waals surface area (Å²) >= 11 is 1.54. The van der Waals surface area contributed by atoms with E-state index in [1.165, 1.54) is 0 Å². The lowest BCUT2D eigenvalue weighted by Crippen LogP contribution is -2.33. The summed E-state index contributed by atoms with van der Waals surface area (Å²) in [5.74, 6) is 0.858. The second-order valence-electron chi connectivity index (χ2n) is 5.08. The van der Waals surface area contributed by atoms with Gasteiger partial charge >= 0.3 is 0 Å². The zero-order chi connectivity index (χ0) is 15.9. The van der Waals surface area contributed by atoms with Gasteiger partial charge in [0.15, 0.2) is 0 Å². The van der Waals surface area contributed by atoms with Gasteiger partial charge in [-0.15, -0.1) is 11.8 Å². The van der Waals surface area contributed by atoms with Gasteiger partial charge in [0.05, 0.1) is 18.4 Å². The fourth-order valence-electron chi connectivity index (χ4n) is 2.07. The number of carbonyl (C=O) groups excluding carboxylic acids is 1. The van der Waals surface area contributed by atoms with E-state index in [1.807, 2.05) is 68.4 Å². The number of nitrogens with one attached hydrogen (secondary N) is 1. The topological polar surface area (TPSA) is 38.3 Å². The standard InChI is InChI=1S/C18H21NO2S/c1-13(15-7-5-4-6-8-15)19-18(20)14(2)22-17-11-9-16(21-3)10-12-17/h4-14H,1-3H3,(H,19,20)/t13-,14-/m0/s1. The largest absolute Gasteiger partial charge is 0.497 e. The van der Waals surface area contributed by atoms with Crippen molar-refractivity contribution in [2.24, 2.45) is 0 Å².